The molecule has 1 aromatic heterocycles. The first kappa shape index (κ1) is 14.4. The first-order valence-electron chi connectivity index (χ1n) is 6.14. The SMILES string of the molecule is CC(C)n1ccc(NC(=O)c2cc(Cl)ccc2NN)n1. The van der Waals surface area contributed by atoms with Gasteiger partial charge in [-0.15, -0.1) is 0 Å². The Morgan fingerprint density at radius 1 is 1.40 bits per heavy atom. The zero-order valence-electron chi connectivity index (χ0n) is 11.2. The Hall–Kier alpha value is -2.05. The lowest BCUT2D eigenvalue weighted by Crippen LogP contribution is -2.17. The van der Waals surface area contributed by atoms with Crippen LogP contribution in [-0.2, 0) is 0 Å². The molecule has 0 fully saturated rings. The molecule has 1 heterocycles. The van der Waals surface area contributed by atoms with Crippen LogP contribution in [0.1, 0.15) is 30.2 Å². The van der Waals surface area contributed by atoms with E-state index < -0.39 is 0 Å². The van der Waals surface area contributed by atoms with E-state index in [4.69, 9.17) is 17.4 Å². The van der Waals surface area contributed by atoms with Crippen LogP contribution in [0.5, 0.6) is 0 Å². The number of rotatable bonds is 4. The number of amides is 1. The largest absolute Gasteiger partial charge is 0.323 e. The normalized spacial score (nSPS) is 10.7. The van der Waals surface area contributed by atoms with Crippen molar-refractivity contribution in [3.05, 3.63) is 41.0 Å². The van der Waals surface area contributed by atoms with E-state index in [1.54, 1.807) is 35.1 Å². The number of nitrogens with one attached hydrogen (secondary N) is 2. The van der Waals surface area contributed by atoms with E-state index in [-0.39, 0.29) is 11.9 Å². The summed E-state index contributed by atoms with van der Waals surface area (Å²) >= 11 is 5.90. The highest BCUT2D eigenvalue weighted by Crippen LogP contribution is 2.21. The molecule has 0 radical (unpaired) electrons. The fourth-order valence-electron chi connectivity index (χ4n) is 1.71. The highest BCUT2D eigenvalue weighted by atomic mass is 35.5. The zero-order chi connectivity index (χ0) is 14.7. The van der Waals surface area contributed by atoms with Crippen molar-refractivity contribution in [3.63, 3.8) is 0 Å². The number of carbonyl (C=O) groups is 1. The number of hydrogen-bond acceptors (Lipinski definition) is 4. The smallest absolute Gasteiger partial charge is 0.259 e. The van der Waals surface area contributed by atoms with Crippen molar-refractivity contribution in [1.82, 2.24) is 9.78 Å². The molecule has 2 rings (SSSR count). The van der Waals surface area contributed by atoms with Crippen molar-refractivity contribution in [3.8, 4) is 0 Å². The predicted octanol–water partition coefficient (Wildman–Crippen LogP) is 2.66. The van der Waals surface area contributed by atoms with Crippen molar-refractivity contribution in [1.29, 1.82) is 0 Å². The molecule has 1 amide bonds. The Labute approximate surface area is 121 Å². The molecule has 0 saturated heterocycles. The van der Waals surface area contributed by atoms with E-state index in [1.807, 2.05) is 13.8 Å². The number of hydrogen-bond donors (Lipinski definition) is 3. The van der Waals surface area contributed by atoms with Crippen molar-refractivity contribution < 1.29 is 4.79 Å². The number of nitrogen functional groups attached to an aromatic ring is 1. The molecule has 0 unspecified atom stereocenters. The highest BCUT2D eigenvalue weighted by Gasteiger charge is 2.13. The lowest BCUT2D eigenvalue weighted by molar-refractivity contribution is 0.102. The maximum Gasteiger partial charge on any atom is 0.259 e. The van der Waals surface area contributed by atoms with E-state index in [1.165, 1.54) is 0 Å². The first-order chi connectivity index (χ1) is 9.51. The average Bonchev–Trinajstić information content (AvgIpc) is 2.87. The summed E-state index contributed by atoms with van der Waals surface area (Å²) in [6.07, 6.45) is 1.81. The highest BCUT2D eigenvalue weighted by molar-refractivity contribution is 6.31. The number of nitrogens with two attached hydrogens (primary N) is 1. The molecule has 0 aliphatic carbocycles. The minimum Gasteiger partial charge on any atom is -0.323 e. The van der Waals surface area contributed by atoms with E-state index in [0.717, 1.165) is 0 Å². The second kappa shape index (κ2) is 5.94. The standard InChI is InChI=1S/C13H16ClN5O/c1-8(2)19-6-5-12(18-19)16-13(20)10-7-9(14)3-4-11(10)17-15/h3-8,17H,15H2,1-2H3,(H,16,18,20). The molecule has 0 spiro atoms. The molecule has 0 aliphatic heterocycles. The van der Waals surface area contributed by atoms with Gasteiger partial charge in [-0.1, -0.05) is 11.6 Å². The van der Waals surface area contributed by atoms with Gasteiger partial charge in [0.15, 0.2) is 5.82 Å². The van der Waals surface area contributed by atoms with Crippen LogP contribution in [0, 0.1) is 0 Å². The van der Waals surface area contributed by atoms with Crippen LogP contribution in [0.15, 0.2) is 30.5 Å². The van der Waals surface area contributed by atoms with E-state index in [0.29, 0.717) is 22.1 Å². The van der Waals surface area contributed by atoms with Gasteiger partial charge >= 0.3 is 0 Å². The second-order valence-electron chi connectivity index (χ2n) is 4.56. The Morgan fingerprint density at radius 2 is 2.15 bits per heavy atom. The number of anilines is 2. The van der Waals surface area contributed by atoms with Crippen LogP contribution in [0.2, 0.25) is 5.02 Å². The van der Waals surface area contributed by atoms with Gasteiger partial charge in [-0.3, -0.25) is 15.3 Å². The third-order valence-electron chi connectivity index (χ3n) is 2.76. The summed E-state index contributed by atoms with van der Waals surface area (Å²) in [5, 5.41) is 7.42. The number of carbonyl (C=O) groups excluding carboxylic acids is 1. The van der Waals surface area contributed by atoms with Gasteiger partial charge in [-0.25, -0.2) is 0 Å². The number of aromatic nitrogens is 2. The van der Waals surface area contributed by atoms with Crippen molar-refractivity contribution in [2.45, 2.75) is 19.9 Å². The van der Waals surface area contributed by atoms with Crippen LogP contribution in [-0.4, -0.2) is 15.7 Å². The van der Waals surface area contributed by atoms with E-state index >= 15 is 0 Å². The van der Waals surface area contributed by atoms with Crippen LogP contribution in [0.3, 0.4) is 0 Å². The molecular formula is C13H16ClN5O. The lowest BCUT2D eigenvalue weighted by Gasteiger charge is -2.09. The summed E-state index contributed by atoms with van der Waals surface area (Å²) in [5.74, 6) is 5.54. The molecule has 20 heavy (non-hydrogen) atoms. The first-order valence-corrected chi connectivity index (χ1v) is 6.51. The maximum absolute atomic E-state index is 12.2. The van der Waals surface area contributed by atoms with Crippen molar-refractivity contribution in [2.75, 3.05) is 10.7 Å². The summed E-state index contributed by atoms with van der Waals surface area (Å²) in [6, 6.07) is 6.81. The van der Waals surface area contributed by atoms with Crippen LogP contribution >= 0.6 is 11.6 Å². The van der Waals surface area contributed by atoms with E-state index in [2.05, 4.69) is 15.8 Å². The number of hydrazine groups is 1. The van der Waals surface area contributed by atoms with Crippen LogP contribution < -0.4 is 16.6 Å². The van der Waals surface area contributed by atoms with Crippen LogP contribution in [0.25, 0.3) is 0 Å². The van der Waals surface area contributed by atoms with Crippen molar-refractivity contribution in [2.24, 2.45) is 5.84 Å². The molecule has 0 saturated carbocycles. The van der Waals surface area contributed by atoms with Gasteiger partial charge < -0.3 is 10.7 Å². The van der Waals surface area contributed by atoms with Gasteiger partial charge in [0.2, 0.25) is 0 Å². The molecule has 106 valence electrons. The summed E-state index contributed by atoms with van der Waals surface area (Å²) in [5.41, 5.74) is 3.32. The number of benzene rings is 1. The third kappa shape index (κ3) is 3.09. The molecule has 0 atom stereocenters. The Bertz CT molecular complexity index is 623. The van der Waals surface area contributed by atoms with Crippen LogP contribution in [0.4, 0.5) is 11.5 Å². The molecule has 0 bridgehead atoms. The van der Waals surface area contributed by atoms with Gasteiger partial charge in [0.05, 0.1) is 11.3 Å². The Kier molecular flexibility index (Phi) is 4.26. The fourth-order valence-corrected chi connectivity index (χ4v) is 1.88. The van der Waals surface area contributed by atoms with Crippen molar-refractivity contribution >= 4 is 29.0 Å². The lowest BCUT2D eigenvalue weighted by atomic mass is 10.1. The summed E-state index contributed by atoms with van der Waals surface area (Å²) in [7, 11) is 0. The molecular weight excluding hydrogens is 278 g/mol. The molecule has 6 nitrogen and oxygen atoms in total. The minimum atomic E-state index is -0.325. The molecule has 7 heteroatoms. The summed E-state index contributed by atoms with van der Waals surface area (Å²) in [4.78, 5) is 12.2. The molecule has 4 N–H and O–H groups in total. The molecule has 2 aromatic rings. The molecule has 0 aliphatic rings. The van der Waals surface area contributed by atoms with Gasteiger partial charge in [0, 0.05) is 23.3 Å². The molecule has 1 aromatic carbocycles. The average molecular weight is 294 g/mol. The third-order valence-corrected chi connectivity index (χ3v) is 3.00. The number of halogens is 1. The maximum atomic E-state index is 12.2. The fraction of sp³-hybridized carbons (Fsp3) is 0.231. The minimum absolute atomic E-state index is 0.230. The van der Waals surface area contributed by atoms with Gasteiger partial charge in [-0.2, -0.15) is 5.10 Å². The monoisotopic (exact) mass is 293 g/mol. The Morgan fingerprint density at radius 3 is 2.75 bits per heavy atom. The summed E-state index contributed by atoms with van der Waals surface area (Å²) < 4.78 is 1.76. The second-order valence-corrected chi connectivity index (χ2v) is 5.00. The van der Waals surface area contributed by atoms with Gasteiger partial charge in [-0.05, 0) is 32.0 Å². The summed E-state index contributed by atoms with van der Waals surface area (Å²) in [6.45, 7) is 4.01. The predicted molar refractivity (Wildman–Crippen MR) is 79.8 cm³/mol. The quantitative estimate of drug-likeness (QED) is 0.597. The van der Waals surface area contributed by atoms with Gasteiger partial charge in [0.25, 0.3) is 5.91 Å². The van der Waals surface area contributed by atoms with Gasteiger partial charge in [0.1, 0.15) is 0 Å². The van der Waals surface area contributed by atoms with E-state index in [9.17, 15) is 4.79 Å². The number of nitrogens with zero attached hydrogens (tertiary/aromatic N) is 2. The topological polar surface area (TPSA) is 85.0 Å². The Balaban J connectivity index is 2.21. The zero-order valence-corrected chi connectivity index (χ0v) is 12.0.